The molecule has 0 saturated carbocycles. The molecule has 84 valence electrons. The van der Waals surface area contributed by atoms with E-state index in [4.69, 9.17) is 0 Å². The van der Waals surface area contributed by atoms with Crippen molar-refractivity contribution in [2.75, 3.05) is 13.1 Å². The zero-order valence-corrected chi connectivity index (χ0v) is 9.69. The largest absolute Gasteiger partial charge is 0.389 e. The second kappa shape index (κ2) is 3.61. The van der Waals surface area contributed by atoms with E-state index in [1.165, 1.54) is 5.69 Å². The average molecular weight is 209 g/mol. The summed E-state index contributed by atoms with van der Waals surface area (Å²) in [5, 5.41) is 9.76. The Morgan fingerprint density at radius 2 is 2.27 bits per heavy atom. The molecule has 0 spiro atoms. The highest BCUT2D eigenvalue weighted by atomic mass is 16.3. The molecule has 0 aromatic carbocycles. The van der Waals surface area contributed by atoms with E-state index < -0.39 is 5.60 Å². The molecule has 0 aliphatic carbocycles. The minimum atomic E-state index is -0.619. The number of imidazole rings is 1. The van der Waals surface area contributed by atoms with Gasteiger partial charge < -0.3 is 9.67 Å². The Balaban J connectivity index is 2.06. The Morgan fingerprint density at radius 3 is 2.93 bits per heavy atom. The van der Waals surface area contributed by atoms with Crippen molar-refractivity contribution in [1.82, 2.24) is 14.5 Å². The van der Waals surface area contributed by atoms with Gasteiger partial charge in [0.2, 0.25) is 0 Å². The summed E-state index contributed by atoms with van der Waals surface area (Å²) in [6, 6.07) is 0. The van der Waals surface area contributed by atoms with Gasteiger partial charge in [0.15, 0.2) is 0 Å². The summed E-state index contributed by atoms with van der Waals surface area (Å²) in [5.74, 6) is 0. The van der Waals surface area contributed by atoms with Gasteiger partial charge in [0.05, 0.1) is 17.6 Å². The first-order valence-corrected chi connectivity index (χ1v) is 5.39. The normalized spacial score (nSPS) is 17.9. The number of fused-ring (bicyclic) bond motifs is 1. The van der Waals surface area contributed by atoms with Crippen molar-refractivity contribution >= 4 is 0 Å². The third-order valence-corrected chi connectivity index (χ3v) is 2.79. The summed E-state index contributed by atoms with van der Waals surface area (Å²) in [7, 11) is 2.04. The fourth-order valence-electron chi connectivity index (χ4n) is 2.19. The Bertz CT molecular complexity index is 351. The molecule has 1 aromatic rings. The summed E-state index contributed by atoms with van der Waals surface area (Å²) in [6.45, 7) is 6.28. The third kappa shape index (κ3) is 2.38. The lowest BCUT2D eigenvalue weighted by molar-refractivity contribution is 0.0311. The number of hydrogen-bond donors (Lipinski definition) is 1. The number of hydrogen-bond acceptors (Lipinski definition) is 3. The predicted molar refractivity (Wildman–Crippen MR) is 58.5 cm³/mol. The van der Waals surface area contributed by atoms with Gasteiger partial charge in [0, 0.05) is 38.8 Å². The van der Waals surface area contributed by atoms with E-state index in [0.717, 1.165) is 25.2 Å². The Labute approximate surface area is 90.5 Å². The number of aliphatic hydroxyl groups is 1. The maximum Gasteiger partial charge on any atom is 0.0949 e. The molecule has 0 fully saturated rings. The van der Waals surface area contributed by atoms with Gasteiger partial charge in [-0.15, -0.1) is 0 Å². The molecule has 1 aliphatic heterocycles. The van der Waals surface area contributed by atoms with Crippen molar-refractivity contribution in [3.63, 3.8) is 0 Å². The van der Waals surface area contributed by atoms with E-state index in [1.807, 2.05) is 27.2 Å². The molecular weight excluding hydrogens is 190 g/mol. The van der Waals surface area contributed by atoms with Gasteiger partial charge in [-0.2, -0.15) is 0 Å². The second-order valence-electron chi connectivity index (χ2n) is 5.02. The molecule has 0 unspecified atom stereocenters. The van der Waals surface area contributed by atoms with Crippen LogP contribution in [0.25, 0.3) is 0 Å². The first-order valence-electron chi connectivity index (χ1n) is 5.39. The average Bonchev–Trinajstić information content (AvgIpc) is 2.45. The van der Waals surface area contributed by atoms with Gasteiger partial charge in [-0.3, -0.25) is 4.90 Å². The van der Waals surface area contributed by atoms with Gasteiger partial charge in [0.1, 0.15) is 0 Å². The number of aryl methyl sites for hydroxylation is 1. The van der Waals surface area contributed by atoms with E-state index in [2.05, 4.69) is 14.5 Å². The van der Waals surface area contributed by atoms with Crippen LogP contribution < -0.4 is 0 Å². The number of β-amino-alcohol motifs (C(OH)–C–C–N with tert-alkyl or cyclic N) is 1. The molecule has 2 rings (SSSR count). The number of nitrogens with zero attached hydrogens (tertiary/aromatic N) is 3. The molecule has 1 aliphatic rings. The molecular formula is C11H19N3O. The Morgan fingerprint density at radius 1 is 1.53 bits per heavy atom. The van der Waals surface area contributed by atoms with Crippen LogP contribution in [0.4, 0.5) is 0 Å². The fourth-order valence-corrected chi connectivity index (χ4v) is 2.19. The topological polar surface area (TPSA) is 41.3 Å². The lowest BCUT2D eigenvalue weighted by Crippen LogP contribution is -2.41. The zero-order valence-electron chi connectivity index (χ0n) is 9.69. The highest BCUT2D eigenvalue weighted by Gasteiger charge is 2.24. The van der Waals surface area contributed by atoms with Crippen molar-refractivity contribution in [2.45, 2.75) is 32.4 Å². The molecule has 2 heterocycles. The molecule has 1 N–H and O–H groups in total. The number of rotatable bonds is 2. The van der Waals surface area contributed by atoms with Crippen LogP contribution in [0.1, 0.15) is 25.2 Å². The van der Waals surface area contributed by atoms with Crippen LogP contribution in [0, 0.1) is 0 Å². The smallest absolute Gasteiger partial charge is 0.0949 e. The summed E-state index contributed by atoms with van der Waals surface area (Å²) in [4.78, 5) is 6.64. The molecule has 0 radical (unpaired) electrons. The van der Waals surface area contributed by atoms with Crippen molar-refractivity contribution in [3.8, 4) is 0 Å². The zero-order chi connectivity index (χ0) is 11.1. The summed E-state index contributed by atoms with van der Waals surface area (Å²) < 4.78 is 2.09. The lowest BCUT2D eigenvalue weighted by atomic mass is 10.1. The first-order chi connectivity index (χ1) is 6.96. The van der Waals surface area contributed by atoms with Gasteiger partial charge in [-0.25, -0.2) is 4.98 Å². The molecule has 15 heavy (non-hydrogen) atoms. The van der Waals surface area contributed by atoms with Gasteiger partial charge in [-0.05, 0) is 13.8 Å². The highest BCUT2D eigenvalue weighted by molar-refractivity contribution is 5.16. The lowest BCUT2D eigenvalue weighted by Gasteiger charge is -2.31. The molecule has 0 saturated heterocycles. The summed E-state index contributed by atoms with van der Waals surface area (Å²) in [5.41, 5.74) is 1.88. The molecule has 4 nitrogen and oxygen atoms in total. The fraction of sp³-hybridized carbons (Fsp3) is 0.727. The second-order valence-corrected chi connectivity index (χ2v) is 5.02. The van der Waals surface area contributed by atoms with Gasteiger partial charge in [0.25, 0.3) is 0 Å². The van der Waals surface area contributed by atoms with Crippen molar-refractivity contribution in [1.29, 1.82) is 0 Å². The van der Waals surface area contributed by atoms with Crippen LogP contribution >= 0.6 is 0 Å². The molecule has 0 bridgehead atoms. The predicted octanol–water partition coefficient (Wildman–Crippen LogP) is 0.549. The van der Waals surface area contributed by atoms with E-state index in [1.54, 1.807) is 0 Å². The molecule has 0 atom stereocenters. The first kappa shape index (κ1) is 10.6. The monoisotopic (exact) mass is 209 g/mol. The van der Waals surface area contributed by atoms with E-state index in [0.29, 0.717) is 6.54 Å². The van der Waals surface area contributed by atoms with Gasteiger partial charge in [-0.1, -0.05) is 0 Å². The van der Waals surface area contributed by atoms with Crippen LogP contribution in [0.2, 0.25) is 0 Å². The van der Waals surface area contributed by atoms with Crippen LogP contribution in [0.15, 0.2) is 6.33 Å². The minimum Gasteiger partial charge on any atom is -0.389 e. The SMILES string of the molecule is Cn1cnc2c1CCN(CC(C)(C)O)C2. The van der Waals surface area contributed by atoms with Crippen molar-refractivity contribution in [3.05, 3.63) is 17.7 Å². The van der Waals surface area contributed by atoms with E-state index >= 15 is 0 Å². The Kier molecular flexibility index (Phi) is 2.56. The summed E-state index contributed by atoms with van der Waals surface area (Å²) >= 11 is 0. The quantitative estimate of drug-likeness (QED) is 0.773. The maximum absolute atomic E-state index is 9.76. The van der Waals surface area contributed by atoms with Gasteiger partial charge >= 0.3 is 0 Å². The van der Waals surface area contributed by atoms with Crippen LogP contribution in [0.3, 0.4) is 0 Å². The van der Waals surface area contributed by atoms with Crippen LogP contribution in [-0.4, -0.2) is 38.2 Å². The van der Waals surface area contributed by atoms with Crippen LogP contribution in [-0.2, 0) is 20.0 Å². The van der Waals surface area contributed by atoms with E-state index in [9.17, 15) is 5.11 Å². The molecule has 0 amide bonds. The summed E-state index contributed by atoms with van der Waals surface area (Å²) in [6.07, 6.45) is 2.90. The van der Waals surface area contributed by atoms with Crippen LogP contribution in [0.5, 0.6) is 0 Å². The minimum absolute atomic E-state index is 0.619. The standard InChI is InChI=1S/C11H19N3O/c1-11(2,15)7-14-5-4-10-9(6-14)12-8-13(10)3/h8,15H,4-7H2,1-3H3. The van der Waals surface area contributed by atoms with Crippen molar-refractivity contribution in [2.24, 2.45) is 7.05 Å². The molecule has 4 heteroatoms. The number of aromatic nitrogens is 2. The highest BCUT2D eigenvalue weighted by Crippen LogP contribution is 2.18. The Hall–Kier alpha value is -0.870. The molecule has 1 aromatic heterocycles. The van der Waals surface area contributed by atoms with Crippen molar-refractivity contribution < 1.29 is 5.11 Å². The third-order valence-electron chi connectivity index (χ3n) is 2.79. The maximum atomic E-state index is 9.76. The van der Waals surface area contributed by atoms with E-state index in [-0.39, 0.29) is 0 Å².